The van der Waals surface area contributed by atoms with Gasteiger partial charge in [0.05, 0.1) is 0 Å². The van der Waals surface area contributed by atoms with Gasteiger partial charge in [-0.25, -0.2) is 0 Å². The first-order chi connectivity index (χ1) is 9.77. The third-order valence-electron chi connectivity index (χ3n) is 2.78. The third-order valence-corrected chi connectivity index (χ3v) is 3.55. The molecule has 112 valence electrons. The number of hydrogen-bond acceptors (Lipinski definition) is 6. The lowest BCUT2D eigenvalue weighted by Crippen LogP contribution is -2.17. The Kier molecular flexibility index (Phi) is 3.95. The number of benzene rings is 2. The molecule has 0 bridgehead atoms. The summed E-state index contributed by atoms with van der Waals surface area (Å²) in [6, 6.07) is 9.26. The van der Waals surface area contributed by atoms with Gasteiger partial charge in [0.15, 0.2) is 0 Å². The minimum Gasteiger partial charge on any atom is -0.399 e. The summed E-state index contributed by atoms with van der Waals surface area (Å²) in [6.45, 7) is 3.38. The van der Waals surface area contributed by atoms with E-state index in [1.54, 1.807) is 38.1 Å². The average Bonchev–Trinajstić information content (AvgIpc) is 2.36. The fraction of sp³-hybridized carbons (Fsp3) is 0.143. The van der Waals surface area contributed by atoms with Gasteiger partial charge in [-0.1, -0.05) is 0 Å². The molecule has 0 aliphatic heterocycles. The Balaban J connectivity index is 2.22. The van der Waals surface area contributed by atoms with Gasteiger partial charge in [0, 0.05) is 11.4 Å². The maximum absolute atomic E-state index is 11.9. The topological polar surface area (TPSA) is 105 Å². The monoisotopic (exact) mass is 308 g/mol. The SMILES string of the molecule is Cc1cc(N)ccc1OS(=O)(=O)Oc1ccc(N)cc1C. The van der Waals surface area contributed by atoms with Gasteiger partial charge in [0.25, 0.3) is 0 Å². The molecule has 0 fully saturated rings. The average molecular weight is 308 g/mol. The van der Waals surface area contributed by atoms with Crippen LogP contribution in [0.15, 0.2) is 36.4 Å². The van der Waals surface area contributed by atoms with Crippen molar-refractivity contribution in [2.75, 3.05) is 11.5 Å². The molecule has 0 spiro atoms. The quantitative estimate of drug-likeness (QED) is 0.839. The number of aryl methyl sites for hydroxylation is 2. The van der Waals surface area contributed by atoms with Crippen molar-refractivity contribution in [3.05, 3.63) is 47.5 Å². The van der Waals surface area contributed by atoms with E-state index in [2.05, 4.69) is 0 Å². The third kappa shape index (κ3) is 3.79. The molecular weight excluding hydrogens is 292 g/mol. The van der Waals surface area contributed by atoms with Gasteiger partial charge in [-0.15, -0.1) is 8.42 Å². The Morgan fingerprint density at radius 3 is 1.52 bits per heavy atom. The molecule has 2 rings (SSSR count). The molecule has 0 radical (unpaired) electrons. The predicted octanol–water partition coefficient (Wildman–Crippen LogP) is 2.17. The molecule has 2 aromatic rings. The molecule has 0 amide bonds. The molecule has 2 aromatic carbocycles. The van der Waals surface area contributed by atoms with Crippen molar-refractivity contribution in [3.8, 4) is 11.5 Å². The largest absolute Gasteiger partial charge is 0.501 e. The molecule has 6 nitrogen and oxygen atoms in total. The van der Waals surface area contributed by atoms with Gasteiger partial charge in [-0.05, 0) is 61.4 Å². The Morgan fingerprint density at radius 2 is 1.19 bits per heavy atom. The Labute approximate surface area is 123 Å². The van der Waals surface area contributed by atoms with E-state index in [0.29, 0.717) is 22.5 Å². The van der Waals surface area contributed by atoms with Gasteiger partial charge in [0.2, 0.25) is 0 Å². The van der Waals surface area contributed by atoms with Crippen molar-refractivity contribution < 1.29 is 16.8 Å². The van der Waals surface area contributed by atoms with Crippen LogP contribution in [0.2, 0.25) is 0 Å². The molecule has 0 aromatic heterocycles. The van der Waals surface area contributed by atoms with Crippen LogP contribution in [0.3, 0.4) is 0 Å². The molecule has 0 heterocycles. The lowest BCUT2D eigenvalue weighted by molar-refractivity contribution is 0.390. The van der Waals surface area contributed by atoms with E-state index >= 15 is 0 Å². The minimum absolute atomic E-state index is 0.164. The van der Waals surface area contributed by atoms with Crippen molar-refractivity contribution in [1.82, 2.24) is 0 Å². The number of nitrogens with two attached hydrogens (primary N) is 2. The second-order valence-electron chi connectivity index (χ2n) is 4.62. The molecule has 0 aliphatic rings. The summed E-state index contributed by atoms with van der Waals surface area (Å²) >= 11 is 0. The van der Waals surface area contributed by atoms with Crippen LogP contribution in [-0.2, 0) is 10.4 Å². The summed E-state index contributed by atoms with van der Waals surface area (Å²) in [6.07, 6.45) is 0. The van der Waals surface area contributed by atoms with Crippen LogP contribution in [0.5, 0.6) is 11.5 Å². The Morgan fingerprint density at radius 1 is 0.810 bits per heavy atom. The molecule has 0 unspecified atom stereocenters. The normalized spacial score (nSPS) is 11.1. The maximum Gasteiger partial charge on any atom is 0.501 e. The summed E-state index contributed by atoms with van der Waals surface area (Å²) in [5, 5.41) is 0. The van der Waals surface area contributed by atoms with Crippen molar-refractivity contribution in [2.24, 2.45) is 0 Å². The second kappa shape index (κ2) is 5.53. The molecule has 0 atom stereocenters. The first kappa shape index (κ1) is 15.0. The van der Waals surface area contributed by atoms with Crippen LogP contribution in [0, 0.1) is 13.8 Å². The van der Waals surface area contributed by atoms with Crippen molar-refractivity contribution >= 4 is 21.8 Å². The van der Waals surface area contributed by atoms with Crippen molar-refractivity contribution in [2.45, 2.75) is 13.8 Å². The van der Waals surface area contributed by atoms with E-state index in [-0.39, 0.29) is 11.5 Å². The first-order valence-electron chi connectivity index (χ1n) is 6.13. The van der Waals surface area contributed by atoms with E-state index in [9.17, 15) is 8.42 Å². The number of rotatable bonds is 4. The van der Waals surface area contributed by atoms with Gasteiger partial charge >= 0.3 is 10.4 Å². The zero-order valence-corrected chi connectivity index (χ0v) is 12.5. The lowest BCUT2D eigenvalue weighted by Gasteiger charge is -2.11. The summed E-state index contributed by atoms with van der Waals surface area (Å²) in [5.41, 5.74) is 13.4. The second-order valence-corrected chi connectivity index (χ2v) is 5.77. The van der Waals surface area contributed by atoms with Gasteiger partial charge in [-0.3, -0.25) is 0 Å². The summed E-state index contributed by atoms with van der Waals surface area (Å²) in [5.74, 6) is 0.328. The zero-order valence-electron chi connectivity index (χ0n) is 11.7. The molecule has 7 heteroatoms. The van der Waals surface area contributed by atoms with Crippen LogP contribution in [-0.4, -0.2) is 8.42 Å². The van der Waals surface area contributed by atoms with Crippen LogP contribution in [0.4, 0.5) is 11.4 Å². The van der Waals surface area contributed by atoms with Crippen LogP contribution in [0.1, 0.15) is 11.1 Å². The highest BCUT2D eigenvalue weighted by atomic mass is 32.3. The van der Waals surface area contributed by atoms with Crippen LogP contribution >= 0.6 is 0 Å². The number of anilines is 2. The fourth-order valence-electron chi connectivity index (χ4n) is 1.77. The molecule has 0 aliphatic carbocycles. The summed E-state index contributed by atoms with van der Waals surface area (Å²) in [4.78, 5) is 0. The molecular formula is C14H16N2O4S. The van der Waals surface area contributed by atoms with E-state index in [1.165, 1.54) is 12.1 Å². The van der Waals surface area contributed by atoms with Gasteiger partial charge in [0.1, 0.15) is 11.5 Å². The zero-order chi connectivity index (χ0) is 15.6. The van der Waals surface area contributed by atoms with E-state index in [4.69, 9.17) is 19.8 Å². The molecule has 0 saturated heterocycles. The summed E-state index contributed by atoms with van der Waals surface area (Å²) < 4.78 is 33.8. The fourth-order valence-corrected chi connectivity index (χ4v) is 2.62. The number of hydrogen-bond donors (Lipinski definition) is 2. The van der Waals surface area contributed by atoms with Gasteiger partial charge < -0.3 is 19.8 Å². The standard InChI is InChI=1S/C14H16N2O4S/c1-9-7-11(15)3-5-13(9)19-21(17,18)20-14-6-4-12(16)8-10(14)2/h3-8H,15-16H2,1-2H3. The van der Waals surface area contributed by atoms with Crippen LogP contribution in [0.25, 0.3) is 0 Å². The van der Waals surface area contributed by atoms with Gasteiger partial charge in [-0.2, -0.15) is 0 Å². The molecule has 0 saturated carbocycles. The smallest absolute Gasteiger partial charge is 0.399 e. The van der Waals surface area contributed by atoms with Crippen molar-refractivity contribution in [1.29, 1.82) is 0 Å². The molecule has 21 heavy (non-hydrogen) atoms. The van der Waals surface area contributed by atoms with Crippen molar-refractivity contribution in [3.63, 3.8) is 0 Å². The highest BCUT2D eigenvalue weighted by Crippen LogP contribution is 2.25. The van der Waals surface area contributed by atoms with E-state index in [1.807, 2.05) is 0 Å². The number of nitrogen functional groups attached to an aromatic ring is 2. The highest BCUT2D eigenvalue weighted by Gasteiger charge is 2.18. The molecule has 4 N–H and O–H groups in total. The Bertz CT molecular complexity index is 713. The highest BCUT2D eigenvalue weighted by molar-refractivity contribution is 7.82. The Hall–Kier alpha value is -2.41. The predicted molar refractivity (Wildman–Crippen MR) is 81.4 cm³/mol. The minimum atomic E-state index is -4.24. The first-order valence-corrected chi connectivity index (χ1v) is 7.46. The van der Waals surface area contributed by atoms with Crippen LogP contribution < -0.4 is 19.8 Å². The summed E-state index contributed by atoms with van der Waals surface area (Å²) in [7, 11) is -4.24. The maximum atomic E-state index is 11.9. The van der Waals surface area contributed by atoms with E-state index in [0.717, 1.165) is 0 Å². The van der Waals surface area contributed by atoms with E-state index < -0.39 is 10.4 Å². The lowest BCUT2D eigenvalue weighted by atomic mass is 10.2.